The van der Waals surface area contributed by atoms with Crippen LogP contribution in [0.2, 0.25) is 0 Å². The van der Waals surface area contributed by atoms with Gasteiger partial charge < -0.3 is 24.8 Å². The van der Waals surface area contributed by atoms with Gasteiger partial charge >= 0.3 is 6.01 Å². The van der Waals surface area contributed by atoms with Crippen LogP contribution in [0.5, 0.6) is 17.6 Å². The summed E-state index contributed by atoms with van der Waals surface area (Å²) >= 11 is 0. The van der Waals surface area contributed by atoms with Gasteiger partial charge in [-0.3, -0.25) is 4.90 Å². The van der Waals surface area contributed by atoms with Crippen molar-refractivity contribution in [2.75, 3.05) is 37.7 Å². The number of rotatable bonds is 5. The van der Waals surface area contributed by atoms with Crippen LogP contribution < -0.4 is 19.7 Å². The number of aromatic nitrogens is 3. The molecule has 0 aliphatic carbocycles. The van der Waals surface area contributed by atoms with E-state index in [0.717, 1.165) is 32.2 Å². The van der Waals surface area contributed by atoms with Crippen LogP contribution in [-0.4, -0.2) is 87.6 Å². The standard InChI is InChI=1S/C34H35F3N6O3/c1-2-21-23(36)6-4-17-10-20(44)11-22(26(17)21)29-28(37)30-27-31(43-14-19-5-7-24(38-19)25(43)15-45-32(27)39-29)41-33(40-30)46-16-34-8-3-9-42(34)13-18(35)12-34/h4,6,10-11,18-19,24-25,38,44H,2-3,5,7-9,12-16H2,1H3/t18-,19-,24+,25+,34-/m0/s1. The van der Waals surface area contributed by atoms with Gasteiger partial charge in [-0.05, 0) is 73.2 Å². The molecule has 4 saturated heterocycles. The second kappa shape index (κ2) is 10.3. The van der Waals surface area contributed by atoms with Crippen LogP contribution in [0.3, 0.4) is 0 Å². The second-order valence-corrected chi connectivity index (χ2v) is 13.5. The lowest BCUT2D eigenvalue weighted by molar-refractivity contribution is 0.107. The number of phenols is 1. The molecule has 0 unspecified atom stereocenters. The molecule has 5 aliphatic rings. The summed E-state index contributed by atoms with van der Waals surface area (Å²) in [6, 6.07) is 6.25. The van der Waals surface area contributed by atoms with Crippen LogP contribution in [0.1, 0.15) is 44.6 Å². The summed E-state index contributed by atoms with van der Waals surface area (Å²) < 4.78 is 59.3. The van der Waals surface area contributed by atoms with Crippen LogP contribution in [0, 0.1) is 11.6 Å². The van der Waals surface area contributed by atoms with Crippen molar-refractivity contribution in [2.24, 2.45) is 0 Å². The number of halogens is 3. The van der Waals surface area contributed by atoms with E-state index in [0.29, 0.717) is 60.1 Å². The smallest absolute Gasteiger partial charge is 0.319 e. The average molecular weight is 633 g/mol. The number of ether oxygens (including phenoxy) is 2. The molecule has 7 heterocycles. The molecule has 9 rings (SSSR count). The fraction of sp³-hybridized carbons (Fsp3) is 0.500. The number of hydrogen-bond donors (Lipinski definition) is 2. The summed E-state index contributed by atoms with van der Waals surface area (Å²) in [6.07, 6.45) is 3.62. The van der Waals surface area contributed by atoms with Gasteiger partial charge in [0.15, 0.2) is 5.82 Å². The zero-order valence-electron chi connectivity index (χ0n) is 25.5. The summed E-state index contributed by atoms with van der Waals surface area (Å²) in [4.78, 5) is 18.6. The molecule has 9 nitrogen and oxygen atoms in total. The van der Waals surface area contributed by atoms with Crippen LogP contribution in [0.25, 0.3) is 32.9 Å². The highest BCUT2D eigenvalue weighted by molar-refractivity contribution is 6.03. The molecule has 0 spiro atoms. The van der Waals surface area contributed by atoms with Crippen LogP contribution >= 0.6 is 0 Å². The van der Waals surface area contributed by atoms with E-state index in [2.05, 4.69) is 20.1 Å². The number of hydrogen-bond acceptors (Lipinski definition) is 9. The number of nitrogens with one attached hydrogen (secondary N) is 1. The molecule has 0 saturated carbocycles. The minimum absolute atomic E-state index is 0.0145. The van der Waals surface area contributed by atoms with E-state index < -0.39 is 23.3 Å². The van der Waals surface area contributed by atoms with E-state index in [9.17, 15) is 9.50 Å². The van der Waals surface area contributed by atoms with E-state index in [1.54, 1.807) is 6.07 Å². The van der Waals surface area contributed by atoms with Gasteiger partial charge in [-0.2, -0.15) is 9.97 Å². The largest absolute Gasteiger partial charge is 0.508 e. The summed E-state index contributed by atoms with van der Waals surface area (Å²) in [5.41, 5.74) is 0.0926. The number of nitrogens with zero attached hydrogens (tertiary/aromatic N) is 5. The number of aromatic hydroxyl groups is 1. The maximum Gasteiger partial charge on any atom is 0.319 e. The third-order valence-electron chi connectivity index (χ3n) is 10.9. The van der Waals surface area contributed by atoms with Crippen molar-refractivity contribution in [1.82, 2.24) is 25.2 Å². The van der Waals surface area contributed by atoms with E-state index >= 15 is 8.78 Å². The number of pyridine rings is 1. The zero-order valence-corrected chi connectivity index (χ0v) is 25.5. The van der Waals surface area contributed by atoms with E-state index in [4.69, 9.17) is 19.4 Å². The predicted molar refractivity (Wildman–Crippen MR) is 166 cm³/mol. The quantitative estimate of drug-likeness (QED) is 0.314. The second-order valence-electron chi connectivity index (χ2n) is 13.5. The van der Waals surface area contributed by atoms with Gasteiger partial charge in [-0.1, -0.05) is 13.0 Å². The van der Waals surface area contributed by atoms with Crippen molar-refractivity contribution in [3.8, 4) is 28.9 Å². The molecule has 5 atom stereocenters. The van der Waals surface area contributed by atoms with Gasteiger partial charge in [-0.15, -0.1) is 0 Å². The number of piperazine rings is 1. The first-order valence-corrected chi connectivity index (χ1v) is 16.3. The van der Waals surface area contributed by atoms with Crippen LogP contribution in [-0.2, 0) is 6.42 Å². The van der Waals surface area contributed by atoms with Crippen molar-refractivity contribution >= 4 is 27.5 Å². The van der Waals surface area contributed by atoms with Gasteiger partial charge in [0.2, 0.25) is 5.88 Å². The molecule has 0 radical (unpaired) electrons. The molecule has 12 heteroatoms. The normalized spacial score (nSPS) is 28.4. The molecule has 2 aromatic heterocycles. The Bertz CT molecular complexity index is 1910. The van der Waals surface area contributed by atoms with Crippen molar-refractivity contribution in [1.29, 1.82) is 0 Å². The lowest BCUT2D eigenvalue weighted by Crippen LogP contribution is -2.60. The Labute approximate surface area is 263 Å². The Morgan fingerprint density at radius 3 is 2.89 bits per heavy atom. The molecular formula is C34H35F3N6O3. The van der Waals surface area contributed by atoms with Gasteiger partial charge in [0.25, 0.3) is 0 Å². The number of aryl methyl sites for hydroxylation is 1. The van der Waals surface area contributed by atoms with E-state index in [-0.39, 0.29) is 59.1 Å². The lowest BCUT2D eigenvalue weighted by atomic mass is 9.94. The maximum absolute atomic E-state index is 17.1. The molecule has 4 aromatic rings. The summed E-state index contributed by atoms with van der Waals surface area (Å²) in [7, 11) is 0. The molecule has 240 valence electrons. The first-order chi connectivity index (χ1) is 22.3. The molecular weight excluding hydrogens is 597 g/mol. The summed E-state index contributed by atoms with van der Waals surface area (Å²) in [5, 5.41) is 15.8. The Morgan fingerprint density at radius 2 is 2.02 bits per heavy atom. The molecule has 2 N–H and O–H groups in total. The van der Waals surface area contributed by atoms with E-state index in [1.165, 1.54) is 18.2 Å². The third kappa shape index (κ3) is 4.18. The van der Waals surface area contributed by atoms with Gasteiger partial charge in [-0.25, -0.2) is 18.2 Å². The predicted octanol–water partition coefficient (Wildman–Crippen LogP) is 5.05. The van der Waals surface area contributed by atoms with Crippen molar-refractivity contribution in [3.63, 3.8) is 0 Å². The SMILES string of the molecule is CCc1c(F)ccc2cc(O)cc(-c3nc4c5c(nc(OC[C@@]67CCCN6C[C@@H](F)C7)nc5c3F)N3C[C@@H]5CC[C@@H](N5)[C@H]3CO4)c12. The van der Waals surface area contributed by atoms with Crippen LogP contribution in [0.4, 0.5) is 19.0 Å². The van der Waals surface area contributed by atoms with Gasteiger partial charge in [0.1, 0.15) is 53.4 Å². The summed E-state index contributed by atoms with van der Waals surface area (Å²) in [6.45, 7) is 4.21. The maximum atomic E-state index is 17.1. The molecule has 4 fully saturated rings. The number of anilines is 1. The highest BCUT2D eigenvalue weighted by atomic mass is 19.1. The van der Waals surface area contributed by atoms with Gasteiger partial charge in [0.05, 0.1) is 11.6 Å². The monoisotopic (exact) mass is 632 g/mol. The molecule has 46 heavy (non-hydrogen) atoms. The fourth-order valence-corrected chi connectivity index (χ4v) is 8.84. The Balaban J connectivity index is 1.24. The Kier molecular flexibility index (Phi) is 6.34. The lowest BCUT2D eigenvalue weighted by Gasteiger charge is -2.40. The number of alkyl halides is 1. The van der Waals surface area contributed by atoms with E-state index in [1.807, 2.05) is 6.92 Å². The molecule has 5 aliphatic heterocycles. The van der Waals surface area contributed by atoms with Crippen molar-refractivity contribution in [2.45, 2.75) is 75.3 Å². The number of fused-ring (bicyclic) bond motifs is 7. The first-order valence-electron chi connectivity index (χ1n) is 16.3. The zero-order chi connectivity index (χ0) is 31.3. The fourth-order valence-electron chi connectivity index (χ4n) is 8.84. The molecule has 2 bridgehead atoms. The van der Waals surface area contributed by atoms with Crippen LogP contribution in [0.15, 0.2) is 24.3 Å². The highest BCUT2D eigenvalue weighted by Gasteiger charge is 2.50. The minimum Gasteiger partial charge on any atom is -0.508 e. The van der Waals surface area contributed by atoms with Crippen molar-refractivity contribution in [3.05, 3.63) is 41.5 Å². The first kappa shape index (κ1) is 28.3. The van der Waals surface area contributed by atoms with Gasteiger partial charge in [0, 0.05) is 37.2 Å². The summed E-state index contributed by atoms with van der Waals surface area (Å²) in [5.74, 6) is -0.568. The number of phenolic OH excluding ortho intramolecular Hbond substituents is 1. The Morgan fingerprint density at radius 1 is 1.13 bits per heavy atom. The number of benzene rings is 2. The highest BCUT2D eigenvalue weighted by Crippen LogP contribution is 2.45. The minimum atomic E-state index is -0.913. The average Bonchev–Trinajstić information content (AvgIpc) is 3.68. The molecule has 0 amide bonds. The Hall–Kier alpha value is -3.90. The van der Waals surface area contributed by atoms with Crippen molar-refractivity contribution < 1.29 is 27.8 Å². The molecule has 2 aromatic carbocycles. The topological polar surface area (TPSA) is 95.9 Å². The third-order valence-corrected chi connectivity index (χ3v) is 10.9.